The average Bonchev–Trinajstić information content (AvgIpc) is 2.42. The molecule has 0 aliphatic carbocycles. The molecule has 110 valence electrons. The number of carbonyl (C=O) groups is 1. The van der Waals surface area contributed by atoms with Crippen molar-refractivity contribution in [2.24, 2.45) is 0 Å². The number of hydrogen-bond acceptors (Lipinski definition) is 3. The van der Waals surface area contributed by atoms with Gasteiger partial charge in [-0.15, -0.1) is 0 Å². The van der Waals surface area contributed by atoms with E-state index < -0.39 is 0 Å². The van der Waals surface area contributed by atoms with Crippen molar-refractivity contribution in [2.75, 3.05) is 17.7 Å². The summed E-state index contributed by atoms with van der Waals surface area (Å²) < 4.78 is 5.54. The van der Waals surface area contributed by atoms with Gasteiger partial charge in [-0.3, -0.25) is 4.79 Å². The van der Waals surface area contributed by atoms with Crippen LogP contribution in [0.4, 0.5) is 11.4 Å². The zero-order valence-corrected chi connectivity index (χ0v) is 12.6. The fourth-order valence-corrected chi connectivity index (χ4v) is 2.23. The standard InChI is InChI=1S/C17H20N2O2/c1-11-6-4-5-7-15(11)21-10-16(20)19-17-12(2)8-14(18)9-13(17)3/h4-9H,10,18H2,1-3H3,(H,19,20). The van der Waals surface area contributed by atoms with Crippen LogP contribution in [0.3, 0.4) is 0 Å². The molecule has 0 saturated heterocycles. The summed E-state index contributed by atoms with van der Waals surface area (Å²) in [5.74, 6) is 0.535. The van der Waals surface area contributed by atoms with Crippen molar-refractivity contribution in [3.8, 4) is 5.75 Å². The summed E-state index contributed by atoms with van der Waals surface area (Å²) in [4.78, 5) is 12.0. The highest BCUT2D eigenvalue weighted by molar-refractivity contribution is 5.93. The number of ether oxygens (including phenoxy) is 1. The van der Waals surface area contributed by atoms with Gasteiger partial charge in [-0.1, -0.05) is 18.2 Å². The van der Waals surface area contributed by atoms with Crippen molar-refractivity contribution in [3.63, 3.8) is 0 Å². The topological polar surface area (TPSA) is 64.3 Å². The zero-order chi connectivity index (χ0) is 15.4. The molecule has 3 N–H and O–H groups in total. The number of nitrogens with one attached hydrogen (secondary N) is 1. The Morgan fingerprint density at radius 2 is 1.71 bits per heavy atom. The molecule has 4 nitrogen and oxygen atoms in total. The first-order valence-electron chi connectivity index (χ1n) is 6.82. The van der Waals surface area contributed by atoms with Crippen LogP contribution in [-0.2, 0) is 4.79 Å². The predicted octanol–water partition coefficient (Wildman–Crippen LogP) is 3.21. The number of carbonyl (C=O) groups excluding carboxylic acids is 1. The number of nitrogens with two attached hydrogens (primary N) is 1. The third-order valence-electron chi connectivity index (χ3n) is 3.27. The summed E-state index contributed by atoms with van der Waals surface area (Å²) in [6, 6.07) is 11.3. The maximum atomic E-state index is 12.0. The molecular formula is C17H20N2O2. The van der Waals surface area contributed by atoms with Crippen molar-refractivity contribution in [2.45, 2.75) is 20.8 Å². The van der Waals surface area contributed by atoms with Gasteiger partial charge in [0, 0.05) is 11.4 Å². The van der Waals surface area contributed by atoms with Gasteiger partial charge in [0.05, 0.1) is 0 Å². The number of aryl methyl sites for hydroxylation is 3. The summed E-state index contributed by atoms with van der Waals surface area (Å²) in [7, 11) is 0. The molecule has 0 bridgehead atoms. The van der Waals surface area contributed by atoms with Gasteiger partial charge in [-0.05, 0) is 55.7 Å². The van der Waals surface area contributed by atoms with E-state index in [0.717, 1.165) is 28.1 Å². The third-order valence-corrected chi connectivity index (χ3v) is 3.27. The maximum absolute atomic E-state index is 12.0. The average molecular weight is 284 g/mol. The molecule has 0 saturated carbocycles. The molecule has 0 aromatic heterocycles. The summed E-state index contributed by atoms with van der Waals surface area (Å²) in [5, 5.41) is 2.88. The normalized spacial score (nSPS) is 10.2. The van der Waals surface area contributed by atoms with Gasteiger partial charge < -0.3 is 15.8 Å². The van der Waals surface area contributed by atoms with E-state index in [4.69, 9.17) is 10.5 Å². The van der Waals surface area contributed by atoms with E-state index >= 15 is 0 Å². The molecule has 0 aliphatic heterocycles. The molecule has 0 heterocycles. The Morgan fingerprint density at radius 1 is 1.10 bits per heavy atom. The first-order chi connectivity index (χ1) is 9.97. The van der Waals surface area contributed by atoms with Crippen molar-refractivity contribution in [1.29, 1.82) is 0 Å². The molecular weight excluding hydrogens is 264 g/mol. The molecule has 21 heavy (non-hydrogen) atoms. The van der Waals surface area contributed by atoms with Gasteiger partial charge in [0.25, 0.3) is 5.91 Å². The van der Waals surface area contributed by atoms with E-state index in [1.165, 1.54) is 0 Å². The van der Waals surface area contributed by atoms with Crippen molar-refractivity contribution < 1.29 is 9.53 Å². The smallest absolute Gasteiger partial charge is 0.262 e. The maximum Gasteiger partial charge on any atom is 0.262 e. The second-order valence-electron chi connectivity index (χ2n) is 5.13. The van der Waals surface area contributed by atoms with Gasteiger partial charge >= 0.3 is 0 Å². The minimum absolute atomic E-state index is 0.0197. The molecule has 0 radical (unpaired) electrons. The zero-order valence-electron chi connectivity index (χ0n) is 12.6. The number of anilines is 2. The Hall–Kier alpha value is -2.49. The first-order valence-corrected chi connectivity index (χ1v) is 6.82. The largest absolute Gasteiger partial charge is 0.483 e. The van der Waals surface area contributed by atoms with E-state index in [0.29, 0.717) is 5.69 Å². The third kappa shape index (κ3) is 3.75. The Kier molecular flexibility index (Phi) is 4.48. The minimum atomic E-state index is -0.186. The van der Waals surface area contributed by atoms with E-state index in [9.17, 15) is 4.79 Å². The molecule has 0 fully saturated rings. The lowest BCUT2D eigenvalue weighted by molar-refractivity contribution is -0.118. The van der Waals surface area contributed by atoms with Crippen LogP contribution in [0.1, 0.15) is 16.7 Å². The van der Waals surface area contributed by atoms with Crippen LogP contribution < -0.4 is 15.8 Å². The number of amides is 1. The van der Waals surface area contributed by atoms with Crippen LogP contribution in [-0.4, -0.2) is 12.5 Å². The molecule has 0 atom stereocenters. The molecule has 2 aromatic rings. The molecule has 0 aliphatic rings. The summed E-state index contributed by atoms with van der Waals surface area (Å²) in [6.45, 7) is 5.76. The molecule has 2 rings (SSSR count). The lowest BCUT2D eigenvalue weighted by atomic mass is 10.1. The fraction of sp³-hybridized carbons (Fsp3) is 0.235. The molecule has 0 spiro atoms. The highest BCUT2D eigenvalue weighted by Gasteiger charge is 2.09. The van der Waals surface area contributed by atoms with E-state index in [-0.39, 0.29) is 12.5 Å². The first kappa shape index (κ1) is 14.9. The van der Waals surface area contributed by atoms with Gasteiger partial charge in [0.1, 0.15) is 5.75 Å². The highest BCUT2D eigenvalue weighted by Crippen LogP contribution is 2.23. The Balaban J connectivity index is 2.01. The van der Waals surface area contributed by atoms with Gasteiger partial charge in [-0.2, -0.15) is 0 Å². The van der Waals surface area contributed by atoms with Crippen LogP contribution >= 0.6 is 0 Å². The van der Waals surface area contributed by atoms with Crippen LogP contribution in [0.2, 0.25) is 0 Å². The van der Waals surface area contributed by atoms with Gasteiger partial charge in [-0.25, -0.2) is 0 Å². The van der Waals surface area contributed by atoms with E-state index in [2.05, 4.69) is 5.32 Å². The number of nitrogen functional groups attached to an aromatic ring is 1. The van der Waals surface area contributed by atoms with Crippen LogP contribution in [0.15, 0.2) is 36.4 Å². The second kappa shape index (κ2) is 6.31. The fourth-order valence-electron chi connectivity index (χ4n) is 2.23. The monoisotopic (exact) mass is 284 g/mol. The second-order valence-corrected chi connectivity index (χ2v) is 5.13. The highest BCUT2D eigenvalue weighted by atomic mass is 16.5. The van der Waals surface area contributed by atoms with Crippen molar-refractivity contribution in [3.05, 3.63) is 53.1 Å². The predicted molar refractivity (Wildman–Crippen MR) is 85.6 cm³/mol. The SMILES string of the molecule is Cc1ccccc1OCC(=O)Nc1c(C)cc(N)cc1C. The Morgan fingerprint density at radius 3 is 2.33 bits per heavy atom. The molecule has 4 heteroatoms. The molecule has 1 amide bonds. The van der Waals surface area contributed by atoms with Gasteiger partial charge in [0.15, 0.2) is 6.61 Å². The summed E-state index contributed by atoms with van der Waals surface area (Å²) in [5.41, 5.74) is 10.1. The van der Waals surface area contributed by atoms with E-state index in [1.807, 2.05) is 57.2 Å². The molecule has 0 unspecified atom stereocenters. The Bertz CT molecular complexity index is 643. The van der Waals surface area contributed by atoms with Gasteiger partial charge in [0.2, 0.25) is 0 Å². The van der Waals surface area contributed by atoms with Crippen molar-refractivity contribution >= 4 is 17.3 Å². The Labute approximate surface area is 124 Å². The quantitative estimate of drug-likeness (QED) is 0.847. The van der Waals surface area contributed by atoms with Crippen molar-refractivity contribution in [1.82, 2.24) is 0 Å². The minimum Gasteiger partial charge on any atom is -0.483 e. The number of hydrogen-bond donors (Lipinski definition) is 2. The summed E-state index contributed by atoms with van der Waals surface area (Å²) >= 11 is 0. The summed E-state index contributed by atoms with van der Waals surface area (Å²) in [6.07, 6.45) is 0. The number of benzene rings is 2. The van der Waals surface area contributed by atoms with E-state index in [1.54, 1.807) is 0 Å². The van der Waals surface area contributed by atoms with Crippen LogP contribution in [0.5, 0.6) is 5.75 Å². The number of rotatable bonds is 4. The van der Waals surface area contributed by atoms with Crippen LogP contribution in [0.25, 0.3) is 0 Å². The van der Waals surface area contributed by atoms with Crippen LogP contribution in [0, 0.1) is 20.8 Å². The lowest BCUT2D eigenvalue weighted by Crippen LogP contribution is -2.21. The molecule has 2 aromatic carbocycles. The number of para-hydroxylation sites is 1. The lowest BCUT2D eigenvalue weighted by Gasteiger charge is -2.13.